The Morgan fingerprint density at radius 3 is 2.78 bits per heavy atom. The second-order valence-electron chi connectivity index (χ2n) is 7.89. The van der Waals surface area contributed by atoms with E-state index in [0.717, 1.165) is 18.5 Å². The Labute approximate surface area is 160 Å². The van der Waals surface area contributed by atoms with Crippen LogP contribution in [0.1, 0.15) is 51.9 Å². The Kier molecular flexibility index (Phi) is 5.99. The van der Waals surface area contributed by atoms with Crippen molar-refractivity contribution < 1.29 is 14.3 Å². The number of aliphatic imine (C=N–C) groups is 1. The van der Waals surface area contributed by atoms with Gasteiger partial charge < -0.3 is 15.8 Å². The van der Waals surface area contributed by atoms with E-state index < -0.39 is 5.54 Å². The van der Waals surface area contributed by atoms with Gasteiger partial charge in [0.2, 0.25) is 5.91 Å². The lowest BCUT2D eigenvalue weighted by Gasteiger charge is -2.32. The van der Waals surface area contributed by atoms with Crippen molar-refractivity contribution in [2.24, 2.45) is 16.6 Å². The van der Waals surface area contributed by atoms with Crippen molar-refractivity contribution in [1.82, 2.24) is 10.2 Å². The highest BCUT2D eigenvalue weighted by Crippen LogP contribution is 2.36. The number of rotatable bonds is 6. The molecule has 148 valence electrons. The van der Waals surface area contributed by atoms with Crippen molar-refractivity contribution in [2.45, 2.75) is 63.5 Å². The predicted molar refractivity (Wildman–Crippen MR) is 104 cm³/mol. The fourth-order valence-corrected chi connectivity index (χ4v) is 4.24. The first kappa shape index (κ1) is 19.6. The average molecular weight is 374 g/mol. The van der Waals surface area contributed by atoms with E-state index in [1.165, 1.54) is 31.1 Å². The van der Waals surface area contributed by atoms with Crippen LogP contribution in [0.4, 0.5) is 0 Å². The van der Waals surface area contributed by atoms with Gasteiger partial charge >= 0.3 is 0 Å². The summed E-state index contributed by atoms with van der Waals surface area (Å²) in [6.45, 7) is 1.69. The lowest BCUT2D eigenvalue weighted by Crippen LogP contribution is -2.47. The van der Waals surface area contributed by atoms with Crippen molar-refractivity contribution in [2.75, 3.05) is 13.7 Å². The number of hydrogen-bond acceptors (Lipinski definition) is 5. The first-order chi connectivity index (χ1) is 12.9. The molecule has 0 aromatic rings. The molecule has 0 spiro atoms. The minimum Gasteiger partial charge on any atom is -0.371 e. The zero-order valence-electron chi connectivity index (χ0n) is 16.2. The normalized spacial score (nSPS) is 28.9. The second kappa shape index (κ2) is 8.25. The molecule has 0 aromatic heterocycles. The zero-order chi connectivity index (χ0) is 19.4. The van der Waals surface area contributed by atoms with Gasteiger partial charge in [0.25, 0.3) is 5.91 Å². The number of ether oxygens (including phenoxy) is 1. The van der Waals surface area contributed by atoms with Crippen LogP contribution in [-0.2, 0) is 14.3 Å². The van der Waals surface area contributed by atoms with Crippen LogP contribution < -0.4 is 11.1 Å². The SMILES string of the molecule is CC(=O)NC1=CC=CC(OCC2(CC3CCCCC3)N=C(N)N(C)C2=O)C1. The average Bonchev–Trinajstić information content (AvgIpc) is 2.85. The Balaban J connectivity index is 1.67. The number of nitrogens with zero attached hydrogens (tertiary/aromatic N) is 2. The van der Waals surface area contributed by atoms with Gasteiger partial charge in [0.15, 0.2) is 11.5 Å². The molecule has 0 aromatic carbocycles. The highest BCUT2D eigenvalue weighted by atomic mass is 16.5. The van der Waals surface area contributed by atoms with Crippen LogP contribution in [0.3, 0.4) is 0 Å². The standard InChI is InChI=1S/C20H30N4O3/c1-14(25)22-16-9-6-10-17(11-16)27-13-20(12-15-7-4-3-5-8-15)18(26)24(2)19(21)23-20/h6,9-10,15,17H,3-5,7-8,11-13H2,1-2H3,(H2,21,23)(H,22,25). The number of likely N-dealkylation sites (N-methyl/N-ethyl adjacent to an activating group) is 1. The molecule has 3 aliphatic rings. The first-order valence-electron chi connectivity index (χ1n) is 9.80. The Morgan fingerprint density at radius 1 is 1.41 bits per heavy atom. The van der Waals surface area contributed by atoms with E-state index in [9.17, 15) is 9.59 Å². The Bertz CT molecular complexity index is 679. The third-order valence-electron chi connectivity index (χ3n) is 5.64. The molecule has 1 fully saturated rings. The molecule has 2 amide bonds. The lowest BCUT2D eigenvalue weighted by atomic mass is 9.79. The van der Waals surface area contributed by atoms with Crippen molar-refractivity contribution in [3.63, 3.8) is 0 Å². The van der Waals surface area contributed by atoms with E-state index in [2.05, 4.69) is 10.3 Å². The summed E-state index contributed by atoms with van der Waals surface area (Å²) in [5.41, 5.74) is 5.85. The molecule has 7 nitrogen and oxygen atoms in total. The summed E-state index contributed by atoms with van der Waals surface area (Å²) in [5, 5.41) is 2.81. The molecule has 0 radical (unpaired) electrons. The topological polar surface area (TPSA) is 97.0 Å². The fourth-order valence-electron chi connectivity index (χ4n) is 4.24. The van der Waals surface area contributed by atoms with Gasteiger partial charge in [-0.3, -0.25) is 14.5 Å². The number of allylic oxidation sites excluding steroid dienone is 2. The maximum absolute atomic E-state index is 13.0. The van der Waals surface area contributed by atoms with Gasteiger partial charge in [0.05, 0.1) is 12.7 Å². The van der Waals surface area contributed by atoms with Crippen LogP contribution in [0.5, 0.6) is 0 Å². The van der Waals surface area contributed by atoms with Gasteiger partial charge in [0.1, 0.15) is 0 Å². The molecule has 27 heavy (non-hydrogen) atoms. The van der Waals surface area contributed by atoms with Crippen LogP contribution in [0.25, 0.3) is 0 Å². The summed E-state index contributed by atoms with van der Waals surface area (Å²) in [6.07, 6.45) is 12.7. The number of nitrogens with two attached hydrogens (primary N) is 1. The minimum atomic E-state index is -0.927. The molecule has 7 heteroatoms. The summed E-state index contributed by atoms with van der Waals surface area (Å²) < 4.78 is 6.10. The number of carbonyl (C=O) groups is 2. The van der Waals surface area contributed by atoms with Crippen LogP contribution in [0.15, 0.2) is 28.9 Å². The molecule has 2 unspecified atom stereocenters. The molecule has 2 aliphatic carbocycles. The minimum absolute atomic E-state index is 0.0806. The third kappa shape index (κ3) is 4.58. The highest BCUT2D eigenvalue weighted by Gasteiger charge is 2.48. The number of carbonyl (C=O) groups excluding carboxylic acids is 2. The van der Waals surface area contributed by atoms with Crippen molar-refractivity contribution in [1.29, 1.82) is 0 Å². The van der Waals surface area contributed by atoms with E-state index in [1.807, 2.05) is 18.2 Å². The van der Waals surface area contributed by atoms with Gasteiger partial charge in [-0.25, -0.2) is 4.99 Å². The molecule has 2 atom stereocenters. The summed E-state index contributed by atoms with van der Waals surface area (Å²) in [7, 11) is 1.67. The summed E-state index contributed by atoms with van der Waals surface area (Å²) >= 11 is 0. The van der Waals surface area contributed by atoms with Crippen LogP contribution in [-0.4, -0.2) is 48.0 Å². The van der Waals surface area contributed by atoms with Gasteiger partial charge in [-0.2, -0.15) is 0 Å². The lowest BCUT2D eigenvalue weighted by molar-refractivity contribution is -0.134. The largest absolute Gasteiger partial charge is 0.371 e. The van der Waals surface area contributed by atoms with Gasteiger partial charge in [0, 0.05) is 26.1 Å². The van der Waals surface area contributed by atoms with Crippen molar-refractivity contribution in [3.8, 4) is 0 Å². The summed E-state index contributed by atoms with van der Waals surface area (Å²) in [4.78, 5) is 30.2. The highest BCUT2D eigenvalue weighted by molar-refractivity contribution is 6.06. The van der Waals surface area contributed by atoms with Crippen LogP contribution in [0, 0.1) is 5.92 Å². The Morgan fingerprint density at radius 2 is 2.15 bits per heavy atom. The molecule has 0 saturated heterocycles. The number of hydrogen-bond donors (Lipinski definition) is 2. The van der Waals surface area contributed by atoms with E-state index in [4.69, 9.17) is 10.5 Å². The van der Waals surface area contributed by atoms with E-state index in [0.29, 0.717) is 18.8 Å². The van der Waals surface area contributed by atoms with E-state index in [-0.39, 0.29) is 30.5 Å². The quantitative estimate of drug-likeness (QED) is 0.741. The molecule has 0 bridgehead atoms. The number of guanidine groups is 1. The summed E-state index contributed by atoms with van der Waals surface area (Å²) in [5.74, 6) is 0.556. The smallest absolute Gasteiger partial charge is 0.259 e. The number of nitrogens with one attached hydrogen (secondary N) is 1. The monoisotopic (exact) mass is 374 g/mol. The second-order valence-corrected chi connectivity index (χ2v) is 7.89. The first-order valence-corrected chi connectivity index (χ1v) is 9.80. The Hall–Kier alpha value is -2.15. The third-order valence-corrected chi connectivity index (χ3v) is 5.64. The maximum atomic E-state index is 13.0. The van der Waals surface area contributed by atoms with Crippen molar-refractivity contribution >= 4 is 17.8 Å². The van der Waals surface area contributed by atoms with Gasteiger partial charge in [-0.1, -0.05) is 44.3 Å². The van der Waals surface area contributed by atoms with E-state index in [1.54, 1.807) is 7.05 Å². The maximum Gasteiger partial charge on any atom is 0.259 e. The molecule has 1 aliphatic heterocycles. The van der Waals surface area contributed by atoms with Gasteiger partial charge in [-0.05, 0) is 18.4 Å². The van der Waals surface area contributed by atoms with E-state index >= 15 is 0 Å². The zero-order valence-corrected chi connectivity index (χ0v) is 16.2. The molecule has 3 N–H and O–H groups in total. The summed E-state index contributed by atoms with van der Waals surface area (Å²) in [6, 6.07) is 0. The molecule has 1 saturated carbocycles. The van der Waals surface area contributed by atoms with Crippen molar-refractivity contribution in [3.05, 3.63) is 23.9 Å². The van der Waals surface area contributed by atoms with Crippen LogP contribution in [0.2, 0.25) is 0 Å². The molecular weight excluding hydrogens is 344 g/mol. The van der Waals surface area contributed by atoms with Gasteiger partial charge in [-0.15, -0.1) is 0 Å². The predicted octanol–water partition coefficient (Wildman–Crippen LogP) is 1.85. The molecule has 1 heterocycles. The molecule has 3 rings (SSSR count). The number of amides is 2. The molecular formula is C20H30N4O3. The van der Waals surface area contributed by atoms with Crippen LogP contribution >= 0.6 is 0 Å². The fraction of sp³-hybridized carbons (Fsp3) is 0.650.